The molecule has 98 valence electrons. The fraction of sp³-hybridized carbons (Fsp3) is 0.500. The molecule has 0 amide bonds. The normalized spacial score (nSPS) is 21.4. The van der Waals surface area contributed by atoms with Gasteiger partial charge in [0.05, 0.1) is 0 Å². The molecule has 1 heterocycles. The standard InChI is InChI=1S/C16H23NO/c1-4-15-12(2)9-10-17(3)16(15)11-13-5-7-14(18)8-6-13/h5-8,16,18H,4,9-11H2,1-3H3/t16-/m0/s1. The molecule has 0 radical (unpaired) electrons. The van der Waals surface area contributed by atoms with E-state index in [0.29, 0.717) is 11.8 Å². The largest absolute Gasteiger partial charge is 0.508 e. The van der Waals surface area contributed by atoms with Crippen LogP contribution in [0, 0.1) is 0 Å². The number of likely N-dealkylation sites (N-methyl/N-ethyl adjacent to an activating group) is 1. The molecule has 1 aliphatic rings. The lowest BCUT2D eigenvalue weighted by atomic mass is 9.88. The van der Waals surface area contributed by atoms with Crippen LogP contribution in [0.4, 0.5) is 0 Å². The Kier molecular flexibility index (Phi) is 4.07. The van der Waals surface area contributed by atoms with E-state index in [1.165, 1.54) is 12.0 Å². The van der Waals surface area contributed by atoms with E-state index in [9.17, 15) is 5.11 Å². The molecule has 0 bridgehead atoms. The molecule has 0 spiro atoms. The van der Waals surface area contributed by atoms with E-state index in [0.717, 1.165) is 19.4 Å². The van der Waals surface area contributed by atoms with Crippen LogP contribution in [0.3, 0.4) is 0 Å². The summed E-state index contributed by atoms with van der Waals surface area (Å²) >= 11 is 0. The van der Waals surface area contributed by atoms with Gasteiger partial charge < -0.3 is 5.11 Å². The lowest BCUT2D eigenvalue weighted by Crippen LogP contribution is -2.39. The Morgan fingerprint density at radius 2 is 1.94 bits per heavy atom. The van der Waals surface area contributed by atoms with Gasteiger partial charge in [-0.15, -0.1) is 0 Å². The Morgan fingerprint density at radius 3 is 2.56 bits per heavy atom. The van der Waals surface area contributed by atoms with Crippen LogP contribution in [-0.2, 0) is 6.42 Å². The molecule has 2 nitrogen and oxygen atoms in total. The van der Waals surface area contributed by atoms with Crippen molar-refractivity contribution < 1.29 is 5.11 Å². The quantitative estimate of drug-likeness (QED) is 0.825. The molecular formula is C16H23NO. The van der Waals surface area contributed by atoms with Gasteiger partial charge in [0.25, 0.3) is 0 Å². The Bertz CT molecular complexity index is 433. The molecule has 0 saturated heterocycles. The Hall–Kier alpha value is -1.28. The summed E-state index contributed by atoms with van der Waals surface area (Å²) in [4.78, 5) is 2.46. The Labute approximate surface area is 110 Å². The van der Waals surface area contributed by atoms with Gasteiger partial charge in [-0.25, -0.2) is 0 Å². The molecule has 2 rings (SSSR count). The maximum Gasteiger partial charge on any atom is 0.115 e. The average molecular weight is 245 g/mol. The summed E-state index contributed by atoms with van der Waals surface area (Å²) in [5.74, 6) is 0.346. The predicted molar refractivity (Wildman–Crippen MR) is 75.8 cm³/mol. The first-order valence-electron chi connectivity index (χ1n) is 6.78. The molecular weight excluding hydrogens is 222 g/mol. The summed E-state index contributed by atoms with van der Waals surface area (Å²) in [5.41, 5.74) is 4.46. The van der Waals surface area contributed by atoms with Gasteiger partial charge in [-0.1, -0.05) is 30.2 Å². The van der Waals surface area contributed by atoms with Crippen LogP contribution in [0.15, 0.2) is 35.4 Å². The second-order valence-electron chi connectivity index (χ2n) is 5.28. The van der Waals surface area contributed by atoms with E-state index >= 15 is 0 Å². The van der Waals surface area contributed by atoms with Crippen molar-refractivity contribution in [3.8, 4) is 5.75 Å². The van der Waals surface area contributed by atoms with Crippen LogP contribution in [0.25, 0.3) is 0 Å². The zero-order chi connectivity index (χ0) is 13.1. The number of aromatic hydroxyl groups is 1. The van der Waals surface area contributed by atoms with Gasteiger partial charge in [-0.05, 0) is 50.9 Å². The van der Waals surface area contributed by atoms with Crippen LogP contribution < -0.4 is 0 Å². The summed E-state index contributed by atoms with van der Waals surface area (Å²) in [5, 5.41) is 9.33. The fourth-order valence-corrected chi connectivity index (χ4v) is 2.88. The van der Waals surface area contributed by atoms with Gasteiger partial charge in [0, 0.05) is 12.6 Å². The first kappa shape index (κ1) is 13.2. The van der Waals surface area contributed by atoms with Crippen molar-refractivity contribution in [2.24, 2.45) is 0 Å². The number of benzene rings is 1. The molecule has 1 aromatic rings. The van der Waals surface area contributed by atoms with Crippen LogP contribution in [0.1, 0.15) is 32.3 Å². The highest BCUT2D eigenvalue weighted by molar-refractivity contribution is 5.30. The molecule has 0 aliphatic carbocycles. The number of rotatable bonds is 3. The van der Waals surface area contributed by atoms with Gasteiger partial charge in [-0.2, -0.15) is 0 Å². The van der Waals surface area contributed by atoms with Gasteiger partial charge in [0.1, 0.15) is 5.75 Å². The van der Waals surface area contributed by atoms with E-state index in [1.807, 2.05) is 12.1 Å². The molecule has 1 atom stereocenters. The minimum absolute atomic E-state index is 0.346. The fourth-order valence-electron chi connectivity index (χ4n) is 2.88. The molecule has 0 saturated carbocycles. The second-order valence-corrected chi connectivity index (χ2v) is 5.28. The smallest absolute Gasteiger partial charge is 0.115 e. The van der Waals surface area contributed by atoms with Crippen LogP contribution in [0.2, 0.25) is 0 Å². The average Bonchev–Trinajstić information content (AvgIpc) is 2.37. The number of hydrogen-bond donors (Lipinski definition) is 1. The minimum atomic E-state index is 0.346. The highest BCUT2D eigenvalue weighted by atomic mass is 16.3. The van der Waals surface area contributed by atoms with Gasteiger partial charge in [0.2, 0.25) is 0 Å². The molecule has 1 aliphatic heterocycles. The Balaban J connectivity index is 2.20. The van der Waals surface area contributed by atoms with E-state index in [1.54, 1.807) is 23.3 Å². The SMILES string of the molecule is CCC1=C(C)CCN(C)[C@H]1Cc1ccc(O)cc1. The summed E-state index contributed by atoms with van der Waals surface area (Å²) in [6.45, 7) is 5.68. The van der Waals surface area contributed by atoms with E-state index in [4.69, 9.17) is 0 Å². The van der Waals surface area contributed by atoms with E-state index in [2.05, 4.69) is 25.8 Å². The van der Waals surface area contributed by atoms with Crippen molar-refractivity contribution in [2.75, 3.05) is 13.6 Å². The molecule has 2 heteroatoms. The maximum absolute atomic E-state index is 9.33. The molecule has 1 aromatic carbocycles. The molecule has 18 heavy (non-hydrogen) atoms. The maximum atomic E-state index is 9.33. The molecule has 0 unspecified atom stereocenters. The predicted octanol–water partition coefficient (Wildman–Crippen LogP) is 3.37. The highest BCUT2D eigenvalue weighted by Crippen LogP contribution is 2.27. The van der Waals surface area contributed by atoms with Crippen molar-refractivity contribution in [1.82, 2.24) is 4.90 Å². The summed E-state index contributed by atoms with van der Waals surface area (Å²) in [6, 6.07) is 8.13. The number of phenols is 1. The molecule has 0 aromatic heterocycles. The van der Waals surface area contributed by atoms with Crippen molar-refractivity contribution in [1.29, 1.82) is 0 Å². The monoisotopic (exact) mass is 245 g/mol. The lowest BCUT2D eigenvalue weighted by Gasteiger charge is -2.36. The third-order valence-corrected chi connectivity index (χ3v) is 4.07. The summed E-state index contributed by atoms with van der Waals surface area (Å²) in [7, 11) is 2.22. The van der Waals surface area contributed by atoms with Crippen molar-refractivity contribution >= 4 is 0 Å². The van der Waals surface area contributed by atoms with Crippen LogP contribution >= 0.6 is 0 Å². The highest BCUT2D eigenvalue weighted by Gasteiger charge is 2.24. The van der Waals surface area contributed by atoms with E-state index in [-0.39, 0.29) is 0 Å². The van der Waals surface area contributed by atoms with Gasteiger partial charge >= 0.3 is 0 Å². The third-order valence-electron chi connectivity index (χ3n) is 4.07. The van der Waals surface area contributed by atoms with Crippen molar-refractivity contribution in [3.05, 3.63) is 41.0 Å². The first-order chi connectivity index (χ1) is 8.61. The number of phenolic OH excluding ortho intramolecular Hbond substituents is 1. The van der Waals surface area contributed by atoms with Crippen LogP contribution in [0.5, 0.6) is 5.75 Å². The summed E-state index contributed by atoms with van der Waals surface area (Å²) in [6.07, 6.45) is 3.38. The van der Waals surface area contributed by atoms with Crippen LogP contribution in [-0.4, -0.2) is 29.6 Å². The third kappa shape index (κ3) is 2.75. The lowest BCUT2D eigenvalue weighted by molar-refractivity contribution is 0.251. The number of hydrogen-bond acceptors (Lipinski definition) is 2. The van der Waals surface area contributed by atoms with Gasteiger partial charge in [-0.3, -0.25) is 4.90 Å². The Morgan fingerprint density at radius 1 is 1.28 bits per heavy atom. The number of nitrogens with zero attached hydrogens (tertiary/aromatic N) is 1. The topological polar surface area (TPSA) is 23.5 Å². The zero-order valence-corrected chi connectivity index (χ0v) is 11.6. The minimum Gasteiger partial charge on any atom is -0.508 e. The summed E-state index contributed by atoms with van der Waals surface area (Å²) < 4.78 is 0. The second kappa shape index (κ2) is 5.57. The zero-order valence-electron chi connectivity index (χ0n) is 11.6. The van der Waals surface area contributed by atoms with E-state index < -0.39 is 0 Å². The van der Waals surface area contributed by atoms with Crippen molar-refractivity contribution in [2.45, 2.75) is 39.2 Å². The van der Waals surface area contributed by atoms with Crippen molar-refractivity contribution in [3.63, 3.8) is 0 Å². The van der Waals surface area contributed by atoms with Gasteiger partial charge in [0.15, 0.2) is 0 Å². The first-order valence-corrected chi connectivity index (χ1v) is 6.78. The molecule has 0 fully saturated rings. The molecule has 1 N–H and O–H groups in total.